The lowest BCUT2D eigenvalue weighted by atomic mass is 9.94. The first-order valence-corrected chi connectivity index (χ1v) is 10.6. The SMILES string of the molecule is Oc1c([C@H](c2ccccc2)[NH+]2CCN(c3ccccc3)CC2)ccc2cccnc12. The van der Waals surface area contributed by atoms with Crippen molar-refractivity contribution in [3.8, 4) is 5.75 Å². The van der Waals surface area contributed by atoms with Crippen molar-refractivity contribution < 1.29 is 10.0 Å². The van der Waals surface area contributed by atoms with E-state index in [0.29, 0.717) is 11.3 Å². The summed E-state index contributed by atoms with van der Waals surface area (Å²) in [5.74, 6) is 0.306. The summed E-state index contributed by atoms with van der Waals surface area (Å²) < 4.78 is 0. The van der Waals surface area contributed by atoms with E-state index in [1.165, 1.54) is 16.2 Å². The van der Waals surface area contributed by atoms with Crippen molar-refractivity contribution in [1.29, 1.82) is 0 Å². The highest BCUT2D eigenvalue weighted by atomic mass is 16.3. The zero-order valence-electron chi connectivity index (χ0n) is 16.9. The lowest BCUT2D eigenvalue weighted by Crippen LogP contribution is -3.15. The lowest BCUT2D eigenvalue weighted by Gasteiger charge is -2.38. The van der Waals surface area contributed by atoms with Crippen molar-refractivity contribution in [1.82, 2.24) is 4.98 Å². The monoisotopic (exact) mass is 396 g/mol. The standard InChI is InChI=1S/C26H25N3O/c30-26-23(14-13-20-10-7-15-27-24(20)26)25(21-8-3-1-4-9-21)29-18-16-28(17-19-29)22-11-5-2-6-12-22/h1-15,25,30H,16-19H2/p+1/t25-/m0/s1. The van der Waals surface area contributed by atoms with Crippen LogP contribution >= 0.6 is 0 Å². The van der Waals surface area contributed by atoms with Crippen molar-refractivity contribution in [2.45, 2.75) is 6.04 Å². The van der Waals surface area contributed by atoms with Crippen LogP contribution in [-0.2, 0) is 0 Å². The summed E-state index contributed by atoms with van der Waals surface area (Å²) >= 11 is 0. The van der Waals surface area contributed by atoms with E-state index in [4.69, 9.17) is 0 Å². The predicted molar refractivity (Wildman–Crippen MR) is 121 cm³/mol. The molecule has 1 aliphatic rings. The van der Waals surface area contributed by atoms with Gasteiger partial charge in [-0.3, -0.25) is 4.98 Å². The Balaban J connectivity index is 1.49. The average molecular weight is 397 g/mol. The number of hydrogen-bond acceptors (Lipinski definition) is 3. The second kappa shape index (κ2) is 8.17. The zero-order chi connectivity index (χ0) is 20.3. The van der Waals surface area contributed by atoms with Gasteiger partial charge in [0.2, 0.25) is 0 Å². The van der Waals surface area contributed by atoms with Crippen molar-refractivity contribution in [3.63, 3.8) is 0 Å². The topological polar surface area (TPSA) is 40.8 Å². The van der Waals surface area contributed by atoms with Gasteiger partial charge in [-0.05, 0) is 24.3 Å². The van der Waals surface area contributed by atoms with Gasteiger partial charge in [0.1, 0.15) is 11.6 Å². The van der Waals surface area contributed by atoms with E-state index < -0.39 is 0 Å². The van der Waals surface area contributed by atoms with Crippen molar-refractivity contribution in [2.24, 2.45) is 0 Å². The van der Waals surface area contributed by atoms with Gasteiger partial charge in [-0.25, -0.2) is 0 Å². The molecule has 0 radical (unpaired) electrons. The third kappa shape index (κ3) is 3.51. The van der Waals surface area contributed by atoms with E-state index in [1.807, 2.05) is 18.2 Å². The number of rotatable bonds is 4. The third-order valence-electron chi connectivity index (χ3n) is 6.16. The highest BCUT2D eigenvalue weighted by Crippen LogP contribution is 2.33. The van der Waals surface area contributed by atoms with Crippen molar-refractivity contribution in [3.05, 3.63) is 102 Å². The maximum Gasteiger partial charge on any atom is 0.151 e. The van der Waals surface area contributed by atoms with E-state index in [2.05, 4.69) is 76.6 Å². The minimum absolute atomic E-state index is 0.0792. The summed E-state index contributed by atoms with van der Waals surface area (Å²) in [5, 5.41) is 12.1. The molecule has 1 saturated heterocycles. The van der Waals surface area contributed by atoms with Crippen LogP contribution in [0.15, 0.2) is 91.1 Å². The molecular weight excluding hydrogens is 370 g/mol. The fourth-order valence-electron chi connectivity index (χ4n) is 4.64. The number of aromatic nitrogens is 1. The Labute approximate surface area is 177 Å². The first kappa shape index (κ1) is 18.6. The number of phenolic OH excluding ortho intramolecular Hbond substituents is 1. The van der Waals surface area contributed by atoms with E-state index in [0.717, 1.165) is 37.1 Å². The Morgan fingerprint density at radius 1 is 0.800 bits per heavy atom. The van der Waals surface area contributed by atoms with E-state index in [9.17, 15) is 5.11 Å². The predicted octanol–water partition coefficient (Wildman–Crippen LogP) is 3.43. The van der Waals surface area contributed by atoms with Crippen LogP contribution in [0.25, 0.3) is 10.9 Å². The molecule has 4 aromatic rings. The number of benzene rings is 3. The van der Waals surface area contributed by atoms with Gasteiger partial charge in [0.15, 0.2) is 5.75 Å². The van der Waals surface area contributed by atoms with Crippen LogP contribution in [0.2, 0.25) is 0 Å². The number of phenols is 1. The molecule has 30 heavy (non-hydrogen) atoms. The molecule has 1 aromatic heterocycles. The molecular formula is C26H26N3O+. The summed E-state index contributed by atoms with van der Waals surface area (Å²) in [4.78, 5) is 8.37. The Kier molecular flexibility index (Phi) is 5.08. The van der Waals surface area contributed by atoms with Gasteiger partial charge < -0.3 is 14.9 Å². The molecule has 5 rings (SSSR count). The molecule has 4 nitrogen and oxygen atoms in total. The molecule has 0 bridgehead atoms. The second-order valence-corrected chi connectivity index (χ2v) is 7.90. The summed E-state index contributed by atoms with van der Waals surface area (Å²) in [5.41, 5.74) is 4.14. The van der Waals surface area contributed by atoms with Crippen LogP contribution in [-0.4, -0.2) is 36.3 Å². The summed E-state index contributed by atoms with van der Waals surface area (Å²) in [7, 11) is 0. The number of para-hydroxylation sites is 1. The van der Waals surface area contributed by atoms with Crippen LogP contribution in [0.5, 0.6) is 5.75 Å². The molecule has 1 atom stereocenters. The zero-order valence-corrected chi connectivity index (χ0v) is 16.9. The van der Waals surface area contributed by atoms with E-state index in [1.54, 1.807) is 6.20 Å². The Morgan fingerprint density at radius 3 is 2.23 bits per heavy atom. The summed E-state index contributed by atoms with van der Waals surface area (Å²) in [6.07, 6.45) is 1.74. The number of quaternary nitrogens is 1. The molecule has 150 valence electrons. The Bertz CT molecular complexity index is 1120. The Hall–Kier alpha value is -3.37. The maximum atomic E-state index is 11.2. The molecule has 0 saturated carbocycles. The number of fused-ring (bicyclic) bond motifs is 1. The fraction of sp³-hybridized carbons (Fsp3) is 0.192. The van der Waals surface area contributed by atoms with Crippen LogP contribution in [0, 0.1) is 0 Å². The largest absolute Gasteiger partial charge is 0.505 e. The van der Waals surface area contributed by atoms with E-state index >= 15 is 0 Å². The van der Waals surface area contributed by atoms with Gasteiger partial charge in [0.05, 0.1) is 31.7 Å². The van der Waals surface area contributed by atoms with Crippen LogP contribution in [0.3, 0.4) is 0 Å². The molecule has 3 aromatic carbocycles. The summed E-state index contributed by atoms with van der Waals surface area (Å²) in [6, 6.07) is 29.3. The van der Waals surface area contributed by atoms with Gasteiger partial charge in [-0.15, -0.1) is 0 Å². The molecule has 0 aliphatic carbocycles. The highest BCUT2D eigenvalue weighted by Gasteiger charge is 2.32. The quantitative estimate of drug-likeness (QED) is 0.555. The number of anilines is 1. The molecule has 4 heteroatoms. The summed E-state index contributed by atoms with van der Waals surface area (Å²) in [6.45, 7) is 4.01. The number of pyridine rings is 1. The molecule has 1 aliphatic heterocycles. The smallest absolute Gasteiger partial charge is 0.151 e. The fourth-order valence-corrected chi connectivity index (χ4v) is 4.64. The maximum absolute atomic E-state index is 11.2. The molecule has 0 spiro atoms. The highest BCUT2D eigenvalue weighted by molar-refractivity contribution is 5.85. The number of nitrogens with one attached hydrogen (secondary N) is 1. The van der Waals surface area contributed by atoms with Gasteiger partial charge in [-0.1, -0.05) is 60.7 Å². The first-order chi connectivity index (χ1) is 14.8. The lowest BCUT2D eigenvalue weighted by molar-refractivity contribution is -0.926. The van der Waals surface area contributed by atoms with Crippen molar-refractivity contribution >= 4 is 16.6 Å². The van der Waals surface area contributed by atoms with Crippen LogP contribution in [0.4, 0.5) is 5.69 Å². The minimum Gasteiger partial charge on any atom is -0.505 e. The molecule has 2 heterocycles. The molecule has 0 amide bonds. The van der Waals surface area contributed by atoms with Gasteiger partial charge >= 0.3 is 0 Å². The molecule has 0 unspecified atom stereocenters. The Morgan fingerprint density at radius 2 is 1.50 bits per heavy atom. The first-order valence-electron chi connectivity index (χ1n) is 10.6. The van der Waals surface area contributed by atoms with Gasteiger partial charge in [0, 0.05) is 22.8 Å². The van der Waals surface area contributed by atoms with Crippen LogP contribution in [0.1, 0.15) is 17.2 Å². The van der Waals surface area contributed by atoms with Crippen LogP contribution < -0.4 is 9.80 Å². The second-order valence-electron chi connectivity index (χ2n) is 7.90. The molecule has 1 fully saturated rings. The normalized spacial score (nSPS) is 15.9. The van der Waals surface area contributed by atoms with Gasteiger partial charge in [-0.2, -0.15) is 0 Å². The number of piperazine rings is 1. The van der Waals surface area contributed by atoms with E-state index in [-0.39, 0.29) is 6.04 Å². The number of hydrogen-bond donors (Lipinski definition) is 2. The van der Waals surface area contributed by atoms with Crippen molar-refractivity contribution in [2.75, 3.05) is 31.1 Å². The molecule has 2 N–H and O–H groups in total. The van der Waals surface area contributed by atoms with Gasteiger partial charge in [0.25, 0.3) is 0 Å². The number of aromatic hydroxyl groups is 1. The third-order valence-corrected chi connectivity index (χ3v) is 6.16. The average Bonchev–Trinajstić information content (AvgIpc) is 2.83. The minimum atomic E-state index is 0.0792. The number of nitrogens with zero attached hydrogens (tertiary/aromatic N) is 2.